The van der Waals surface area contributed by atoms with Gasteiger partial charge in [0.05, 0.1) is 24.1 Å². The first kappa shape index (κ1) is 56.9. The Bertz CT molecular complexity index is 3880. The number of Topliss-reactive ketones (excluding diaryl/α,β-unsaturated/α-hetero) is 1. The molecule has 1 fully saturated rings. The second-order valence-corrected chi connectivity index (χ2v) is 24.8. The Morgan fingerprint density at radius 2 is 0.928 bits per heavy atom. The Kier molecular flexibility index (Phi) is 15.7. The molecular formula is C60H49N3O17S3. The lowest BCUT2D eigenvalue weighted by molar-refractivity contribution is -0.151. The average Bonchev–Trinajstić information content (AvgIpc) is 4.04. The summed E-state index contributed by atoms with van der Waals surface area (Å²) in [6, 6.07) is 37.4. The number of carboxylic acid groups (broad SMARTS) is 1. The van der Waals surface area contributed by atoms with E-state index in [1.165, 1.54) is 30.4 Å². The summed E-state index contributed by atoms with van der Waals surface area (Å²) in [5, 5.41) is 9.30. The molecule has 424 valence electrons. The maximum absolute atomic E-state index is 14.0. The zero-order valence-corrected chi connectivity index (χ0v) is 46.2. The zero-order valence-electron chi connectivity index (χ0n) is 43.8. The van der Waals surface area contributed by atoms with Crippen molar-refractivity contribution in [2.75, 3.05) is 24.7 Å². The molecule has 0 radical (unpaired) electrons. The number of benzene rings is 6. The Morgan fingerprint density at radius 3 is 1.25 bits per heavy atom. The van der Waals surface area contributed by atoms with E-state index in [1.807, 2.05) is 72.8 Å². The van der Waals surface area contributed by atoms with E-state index in [0.29, 0.717) is 38.1 Å². The van der Waals surface area contributed by atoms with Crippen molar-refractivity contribution in [3.05, 3.63) is 216 Å². The monoisotopic (exact) mass is 1180 g/mol. The van der Waals surface area contributed by atoms with Gasteiger partial charge in [-0.3, -0.25) is 14.4 Å². The molecule has 1 N–H and O–H groups in total. The molecule has 23 heteroatoms. The Labute approximate surface area is 478 Å². The van der Waals surface area contributed by atoms with Crippen LogP contribution in [0.15, 0.2) is 181 Å². The van der Waals surface area contributed by atoms with Crippen LogP contribution >= 0.6 is 10.5 Å². The molecule has 20 nitrogen and oxygen atoms in total. The lowest BCUT2D eigenvalue weighted by atomic mass is 9.97. The number of rotatable bonds is 17. The number of ketones is 1. The normalized spacial score (nSPS) is 17.6. The zero-order chi connectivity index (χ0) is 58.8. The number of fused-ring (bicyclic) bond motifs is 4. The molecule has 0 unspecified atom stereocenters. The first-order valence-electron chi connectivity index (χ1n) is 25.6. The number of carboxylic acids is 1. The molecule has 0 saturated carbocycles. The van der Waals surface area contributed by atoms with E-state index < -0.39 is 112 Å². The summed E-state index contributed by atoms with van der Waals surface area (Å²) in [6.07, 6.45) is 2.57. The van der Waals surface area contributed by atoms with Crippen molar-refractivity contribution in [2.24, 2.45) is 0 Å². The number of amides is 2. The molecule has 2 atom stereocenters. The summed E-state index contributed by atoms with van der Waals surface area (Å²) in [5.41, 5.74) is 2.02. The molecule has 0 bridgehead atoms. The third-order valence-corrected chi connectivity index (χ3v) is 19.9. The van der Waals surface area contributed by atoms with E-state index >= 15 is 0 Å². The summed E-state index contributed by atoms with van der Waals surface area (Å²) in [4.78, 5) is 80.4. The Balaban J connectivity index is 0.000000188. The summed E-state index contributed by atoms with van der Waals surface area (Å²) in [5.74, 6) is -7.75. The molecular weight excluding hydrogens is 1130 g/mol. The van der Waals surface area contributed by atoms with Gasteiger partial charge in [-0.1, -0.05) is 147 Å². The van der Waals surface area contributed by atoms with Crippen LogP contribution in [0.4, 0.5) is 0 Å². The van der Waals surface area contributed by atoms with Crippen molar-refractivity contribution >= 4 is 71.0 Å². The minimum atomic E-state index is -4.67. The van der Waals surface area contributed by atoms with Crippen molar-refractivity contribution in [2.45, 2.75) is 59.1 Å². The van der Waals surface area contributed by atoms with Gasteiger partial charge in [0.15, 0.2) is 40.9 Å². The highest BCUT2D eigenvalue weighted by Crippen LogP contribution is 2.53. The van der Waals surface area contributed by atoms with Gasteiger partial charge < -0.3 is 38.3 Å². The van der Waals surface area contributed by atoms with E-state index in [9.17, 15) is 50.7 Å². The number of carbonyl (C=O) groups is 6. The van der Waals surface area contributed by atoms with Gasteiger partial charge in [-0.2, -0.15) is 10.5 Å². The van der Waals surface area contributed by atoms with Crippen LogP contribution in [0.2, 0.25) is 0 Å². The Hall–Kier alpha value is -9.37. The largest absolute Gasteiger partial charge is 0.481 e. The molecule has 5 aliphatic heterocycles. The van der Waals surface area contributed by atoms with Crippen LogP contribution in [-0.4, -0.2) is 108 Å². The average molecular weight is 1180 g/mol. The fourth-order valence-corrected chi connectivity index (χ4v) is 15.7. The van der Waals surface area contributed by atoms with Gasteiger partial charge in [0, 0.05) is 40.8 Å². The van der Waals surface area contributed by atoms with Gasteiger partial charge in [-0.05, 0) is 36.5 Å². The summed E-state index contributed by atoms with van der Waals surface area (Å²) >= 11 is 0. The van der Waals surface area contributed by atoms with Crippen LogP contribution in [0.3, 0.4) is 0 Å². The number of sulfonamides is 2. The molecule has 5 aliphatic rings. The van der Waals surface area contributed by atoms with Gasteiger partial charge in [0.2, 0.25) is 0 Å². The maximum Gasteiger partial charge on any atom is 0.331 e. The van der Waals surface area contributed by atoms with Crippen LogP contribution in [0.25, 0.3) is 4.85 Å². The number of ether oxygens (including phenoxy) is 6. The smallest absolute Gasteiger partial charge is 0.331 e. The fraction of sp³-hybridized carbons (Fsp3) is 0.200. The van der Waals surface area contributed by atoms with E-state index in [2.05, 4.69) is 18.0 Å². The van der Waals surface area contributed by atoms with Crippen molar-refractivity contribution in [3.8, 4) is 23.0 Å². The second-order valence-electron chi connectivity index (χ2n) is 19.0. The fourth-order valence-electron chi connectivity index (χ4n) is 10.1. The first-order chi connectivity index (χ1) is 39.9. The summed E-state index contributed by atoms with van der Waals surface area (Å²) in [6.45, 7) is 13.9. The first-order valence-corrected chi connectivity index (χ1v) is 30.1. The number of hydrogen-bond donors (Lipinski definition) is 1. The van der Waals surface area contributed by atoms with E-state index in [4.69, 9.17) is 35.0 Å². The Morgan fingerprint density at radius 1 is 0.590 bits per heavy atom. The van der Waals surface area contributed by atoms with Crippen molar-refractivity contribution < 1.29 is 79.1 Å². The number of esters is 2. The third-order valence-electron chi connectivity index (χ3n) is 13.8. The number of aliphatic carboxylic acids is 1. The molecule has 6 aromatic rings. The second kappa shape index (κ2) is 22.9. The van der Waals surface area contributed by atoms with Gasteiger partial charge >= 0.3 is 29.5 Å². The van der Waals surface area contributed by atoms with E-state index in [-0.39, 0.29) is 56.6 Å². The highest BCUT2D eigenvalue weighted by atomic mass is 32.2. The standard InChI is InChI=1S/C33H28N2O8S2.C27H21NO9S/c1-3-16-41-32(38)25(20-26(36)30(34-2)44-17-10-11-18-44)35-31(37)24-19-27-28(21-29(24)45(35,39)40)43-33(42-27,22-12-6-4-7-13-22)23-14-8-5-9-15-23;1-2-13-35-26(32)20(15-24(29)30)28-25(31)19-14-21-22(16-23(19)38(28,33)34)37-27(36-21,17-9-5-3-6-10-17)18-11-7-4-8-12-18/h3-9,12-15,19,21,25H,1,10-11,16-18,20H2;2-12,14,16,20H,1,13,15H2,(H,29,30)/t25-;20-/m00/s1. The molecule has 0 aliphatic carbocycles. The van der Waals surface area contributed by atoms with Crippen LogP contribution in [0.5, 0.6) is 23.0 Å². The van der Waals surface area contributed by atoms with Gasteiger partial charge in [0.25, 0.3) is 36.8 Å². The van der Waals surface area contributed by atoms with Gasteiger partial charge in [-0.15, -0.1) is 0 Å². The predicted octanol–water partition coefficient (Wildman–Crippen LogP) is 7.75. The minimum Gasteiger partial charge on any atom is -0.481 e. The third kappa shape index (κ3) is 10.3. The molecule has 5 heterocycles. The number of hydrogen-bond acceptors (Lipinski definition) is 16. The molecule has 11 rings (SSSR count). The lowest BCUT2D eigenvalue weighted by Crippen LogP contribution is -2.47. The predicted molar refractivity (Wildman–Crippen MR) is 299 cm³/mol. The van der Waals surface area contributed by atoms with Crippen LogP contribution in [-0.2, 0) is 60.3 Å². The molecule has 83 heavy (non-hydrogen) atoms. The molecule has 0 aromatic heterocycles. The topological polar surface area (TPSA) is 257 Å². The van der Waals surface area contributed by atoms with Gasteiger partial charge in [0.1, 0.15) is 23.0 Å². The lowest BCUT2D eigenvalue weighted by Gasteiger charge is -2.28. The van der Waals surface area contributed by atoms with Crippen LogP contribution in [0.1, 0.15) is 68.7 Å². The highest BCUT2D eigenvalue weighted by molar-refractivity contribution is 8.17. The van der Waals surface area contributed by atoms with Crippen LogP contribution < -0.4 is 18.9 Å². The van der Waals surface area contributed by atoms with Crippen LogP contribution in [0, 0.1) is 6.57 Å². The van der Waals surface area contributed by atoms with Crippen molar-refractivity contribution in [1.82, 2.24) is 8.61 Å². The van der Waals surface area contributed by atoms with E-state index in [0.717, 1.165) is 18.9 Å². The van der Waals surface area contributed by atoms with E-state index in [1.54, 1.807) is 48.5 Å². The van der Waals surface area contributed by atoms with Gasteiger partial charge in [-0.25, -0.2) is 39.9 Å². The number of carbonyl (C=O) groups excluding carboxylic acids is 5. The molecule has 2 amide bonds. The quantitative estimate of drug-likeness (QED) is 0.0396. The molecule has 0 spiro atoms. The number of nitrogens with zero attached hydrogens (tertiary/aromatic N) is 3. The highest BCUT2D eigenvalue weighted by Gasteiger charge is 2.55. The summed E-state index contributed by atoms with van der Waals surface area (Å²) in [7, 11) is -9.89. The minimum absolute atomic E-state index is 0.0190. The van der Waals surface area contributed by atoms with Crippen molar-refractivity contribution in [1.29, 1.82) is 0 Å². The maximum atomic E-state index is 14.0. The SMILES string of the molecule is C=CCOC(=O)[C@H](CC(=O)O)N1C(=O)c2cc3c(cc2S1(=O)=O)OC(c1ccccc1)(c1ccccc1)O3.[C-]#[N+]C(C(=O)C[C@@H](C(=O)OCC=C)N1C(=O)c2cc3c(cc2S1(=O)=O)OC(c1ccccc1)(c1ccccc1)O3)=S1CCCC1. The molecule has 1 saturated heterocycles. The molecule has 6 aromatic carbocycles. The summed E-state index contributed by atoms with van der Waals surface area (Å²) < 4.78 is 90.9. The van der Waals surface area contributed by atoms with Crippen molar-refractivity contribution in [3.63, 3.8) is 0 Å².